The number of hydrogen-bond donors (Lipinski definition) is 1. The maximum absolute atomic E-state index is 5.91. The SMILES string of the molecule is CCCn1nccc1-c1nc(N)cc(C(C)(C)C)n1. The Kier molecular flexibility index (Phi) is 3.55. The lowest BCUT2D eigenvalue weighted by molar-refractivity contribution is 0.566. The number of aromatic nitrogens is 4. The molecule has 2 aromatic heterocycles. The third-order valence-electron chi connectivity index (χ3n) is 2.90. The highest BCUT2D eigenvalue weighted by atomic mass is 15.3. The fourth-order valence-electron chi connectivity index (χ4n) is 1.88. The highest BCUT2D eigenvalue weighted by molar-refractivity contribution is 5.52. The summed E-state index contributed by atoms with van der Waals surface area (Å²) < 4.78 is 1.92. The Morgan fingerprint density at radius 3 is 2.63 bits per heavy atom. The summed E-state index contributed by atoms with van der Waals surface area (Å²) in [5.74, 6) is 1.15. The van der Waals surface area contributed by atoms with Crippen LogP contribution in [0.25, 0.3) is 11.5 Å². The first-order chi connectivity index (χ1) is 8.91. The molecule has 0 aliphatic rings. The lowest BCUT2D eigenvalue weighted by atomic mass is 9.92. The van der Waals surface area contributed by atoms with Gasteiger partial charge in [0.25, 0.3) is 0 Å². The van der Waals surface area contributed by atoms with E-state index in [4.69, 9.17) is 5.73 Å². The van der Waals surface area contributed by atoms with Gasteiger partial charge in [0.05, 0.1) is 5.69 Å². The van der Waals surface area contributed by atoms with Crippen LogP contribution in [0.2, 0.25) is 0 Å². The number of nitrogens with two attached hydrogens (primary N) is 1. The summed E-state index contributed by atoms with van der Waals surface area (Å²) in [6.45, 7) is 9.31. The molecule has 0 radical (unpaired) electrons. The summed E-state index contributed by atoms with van der Waals surface area (Å²) in [5, 5.41) is 4.30. The maximum atomic E-state index is 5.91. The van der Waals surface area contributed by atoms with E-state index in [1.807, 2.05) is 16.8 Å². The summed E-state index contributed by atoms with van der Waals surface area (Å²) in [6, 6.07) is 3.76. The summed E-state index contributed by atoms with van der Waals surface area (Å²) in [5.41, 5.74) is 7.71. The van der Waals surface area contributed by atoms with Gasteiger partial charge < -0.3 is 5.73 Å². The Labute approximate surface area is 113 Å². The van der Waals surface area contributed by atoms with Gasteiger partial charge in [-0.1, -0.05) is 27.7 Å². The fraction of sp³-hybridized carbons (Fsp3) is 0.500. The van der Waals surface area contributed by atoms with E-state index in [-0.39, 0.29) is 5.41 Å². The minimum absolute atomic E-state index is 0.0541. The maximum Gasteiger partial charge on any atom is 0.180 e. The van der Waals surface area contributed by atoms with Crippen molar-refractivity contribution in [3.05, 3.63) is 24.0 Å². The van der Waals surface area contributed by atoms with Crippen molar-refractivity contribution in [1.29, 1.82) is 0 Å². The second kappa shape index (κ2) is 4.99. The number of aryl methyl sites for hydroxylation is 1. The van der Waals surface area contributed by atoms with Crippen LogP contribution in [-0.2, 0) is 12.0 Å². The van der Waals surface area contributed by atoms with E-state index in [1.54, 1.807) is 6.20 Å². The molecule has 0 bridgehead atoms. The Hall–Kier alpha value is -1.91. The summed E-state index contributed by atoms with van der Waals surface area (Å²) in [7, 11) is 0. The molecule has 0 aliphatic heterocycles. The molecule has 19 heavy (non-hydrogen) atoms. The number of nitrogen functional groups attached to an aromatic ring is 1. The van der Waals surface area contributed by atoms with Gasteiger partial charge in [-0.05, 0) is 12.5 Å². The van der Waals surface area contributed by atoms with E-state index >= 15 is 0 Å². The molecular formula is C14H21N5. The number of rotatable bonds is 3. The van der Waals surface area contributed by atoms with Crippen LogP contribution in [0, 0.1) is 0 Å². The van der Waals surface area contributed by atoms with Gasteiger partial charge in [0, 0.05) is 24.2 Å². The molecule has 0 unspecified atom stereocenters. The van der Waals surface area contributed by atoms with Crippen LogP contribution in [-0.4, -0.2) is 19.7 Å². The zero-order chi connectivity index (χ0) is 14.0. The molecule has 2 N–H and O–H groups in total. The topological polar surface area (TPSA) is 69.6 Å². The van der Waals surface area contributed by atoms with Crippen molar-refractivity contribution in [2.45, 2.75) is 46.1 Å². The lowest BCUT2D eigenvalue weighted by Gasteiger charge is -2.18. The van der Waals surface area contributed by atoms with Crippen LogP contribution < -0.4 is 5.73 Å². The van der Waals surface area contributed by atoms with E-state index in [0.717, 1.165) is 24.4 Å². The summed E-state index contributed by atoms with van der Waals surface area (Å²) in [4.78, 5) is 8.98. The van der Waals surface area contributed by atoms with Crippen LogP contribution >= 0.6 is 0 Å². The molecule has 0 aliphatic carbocycles. The normalized spacial score (nSPS) is 11.8. The van der Waals surface area contributed by atoms with Crippen molar-refractivity contribution in [3.8, 4) is 11.5 Å². The predicted molar refractivity (Wildman–Crippen MR) is 76.7 cm³/mol. The van der Waals surface area contributed by atoms with E-state index in [0.29, 0.717) is 11.6 Å². The zero-order valence-electron chi connectivity index (χ0n) is 12.0. The molecule has 0 atom stereocenters. The van der Waals surface area contributed by atoms with Crippen LogP contribution in [0.15, 0.2) is 18.3 Å². The van der Waals surface area contributed by atoms with Gasteiger partial charge in [-0.15, -0.1) is 0 Å². The second-order valence-corrected chi connectivity index (χ2v) is 5.69. The van der Waals surface area contributed by atoms with Crippen molar-refractivity contribution in [3.63, 3.8) is 0 Å². The average Bonchev–Trinajstić information content (AvgIpc) is 2.76. The van der Waals surface area contributed by atoms with Gasteiger partial charge in [-0.3, -0.25) is 4.68 Å². The highest BCUT2D eigenvalue weighted by Gasteiger charge is 2.19. The average molecular weight is 259 g/mol. The first-order valence-corrected chi connectivity index (χ1v) is 6.59. The Balaban J connectivity index is 2.50. The lowest BCUT2D eigenvalue weighted by Crippen LogP contribution is -2.16. The van der Waals surface area contributed by atoms with Gasteiger partial charge in [-0.2, -0.15) is 5.10 Å². The largest absolute Gasteiger partial charge is 0.384 e. The highest BCUT2D eigenvalue weighted by Crippen LogP contribution is 2.24. The first kappa shape index (κ1) is 13.5. The molecule has 0 saturated heterocycles. The third kappa shape index (κ3) is 2.92. The molecule has 5 heteroatoms. The molecule has 0 amide bonds. The van der Waals surface area contributed by atoms with Gasteiger partial charge in [0.15, 0.2) is 5.82 Å². The monoisotopic (exact) mass is 259 g/mol. The number of anilines is 1. The van der Waals surface area contributed by atoms with Crippen molar-refractivity contribution < 1.29 is 0 Å². The van der Waals surface area contributed by atoms with Crippen molar-refractivity contribution in [2.24, 2.45) is 0 Å². The zero-order valence-corrected chi connectivity index (χ0v) is 12.0. The van der Waals surface area contributed by atoms with E-state index in [9.17, 15) is 0 Å². The molecule has 0 spiro atoms. The minimum atomic E-state index is -0.0541. The van der Waals surface area contributed by atoms with Gasteiger partial charge in [-0.25, -0.2) is 9.97 Å². The molecule has 0 saturated carbocycles. The smallest absolute Gasteiger partial charge is 0.180 e. The minimum Gasteiger partial charge on any atom is -0.384 e. The van der Waals surface area contributed by atoms with Crippen LogP contribution in [0.3, 0.4) is 0 Å². The number of nitrogens with zero attached hydrogens (tertiary/aromatic N) is 4. The quantitative estimate of drug-likeness (QED) is 0.920. The summed E-state index contributed by atoms with van der Waals surface area (Å²) in [6.07, 6.45) is 2.79. The Morgan fingerprint density at radius 1 is 1.26 bits per heavy atom. The Bertz CT molecular complexity index is 565. The fourth-order valence-corrected chi connectivity index (χ4v) is 1.88. The van der Waals surface area contributed by atoms with Gasteiger partial charge in [0.1, 0.15) is 11.5 Å². The van der Waals surface area contributed by atoms with Crippen LogP contribution in [0.4, 0.5) is 5.82 Å². The molecule has 0 aromatic carbocycles. The second-order valence-electron chi connectivity index (χ2n) is 5.69. The molecule has 2 heterocycles. The third-order valence-corrected chi connectivity index (χ3v) is 2.90. The molecule has 0 fully saturated rings. The van der Waals surface area contributed by atoms with E-state index in [1.165, 1.54) is 0 Å². The standard InChI is InChI=1S/C14H21N5/c1-5-8-19-10(6-7-16-19)13-17-11(14(2,3)4)9-12(15)18-13/h6-7,9H,5,8H2,1-4H3,(H2,15,17,18). The molecule has 2 rings (SSSR count). The summed E-state index contributed by atoms with van der Waals surface area (Å²) >= 11 is 0. The van der Waals surface area contributed by atoms with Crippen molar-refractivity contribution in [1.82, 2.24) is 19.7 Å². The molecule has 2 aromatic rings. The molecule has 102 valence electrons. The van der Waals surface area contributed by atoms with Crippen molar-refractivity contribution >= 4 is 5.82 Å². The predicted octanol–water partition coefficient (Wildman–Crippen LogP) is 2.63. The van der Waals surface area contributed by atoms with Crippen LogP contribution in [0.5, 0.6) is 0 Å². The first-order valence-electron chi connectivity index (χ1n) is 6.59. The number of hydrogen-bond acceptors (Lipinski definition) is 4. The van der Waals surface area contributed by atoms with Gasteiger partial charge >= 0.3 is 0 Å². The van der Waals surface area contributed by atoms with Gasteiger partial charge in [0.2, 0.25) is 0 Å². The molecule has 5 nitrogen and oxygen atoms in total. The molecular weight excluding hydrogens is 238 g/mol. The van der Waals surface area contributed by atoms with Crippen LogP contribution in [0.1, 0.15) is 39.8 Å². The Morgan fingerprint density at radius 2 is 2.00 bits per heavy atom. The van der Waals surface area contributed by atoms with Crippen molar-refractivity contribution in [2.75, 3.05) is 5.73 Å². The van der Waals surface area contributed by atoms with E-state index in [2.05, 4.69) is 42.8 Å². The van der Waals surface area contributed by atoms with E-state index < -0.39 is 0 Å².